The average Bonchev–Trinajstić information content (AvgIpc) is 2.79. The van der Waals surface area contributed by atoms with Crippen LogP contribution in [0.1, 0.15) is 32.0 Å². The Morgan fingerprint density at radius 1 is 1.38 bits per heavy atom. The Kier molecular flexibility index (Phi) is 6.35. The molecule has 1 saturated heterocycles. The molecule has 0 aromatic carbocycles. The lowest BCUT2D eigenvalue weighted by Crippen LogP contribution is -2.36. The first-order valence-corrected chi connectivity index (χ1v) is 8.09. The van der Waals surface area contributed by atoms with Crippen LogP contribution < -0.4 is 0 Å². The van der Waals surface area contributed by atoms with Crippen LogP contribution in [0.15, 0.2) is 0 Å². The van der Waals surface area contributed by atoms with Crippen molar-refractivity contribution in [1.29, 1.82) is 0 Å². The van der Waals surface area contributed by atoms with Crippen LogP contribution in [0.25, 0.3) is 0 Å². The SMILES string of the molecule is CCCn1c(CO)nn(CN2CCC(COC)CC2)c1=S. The van der Waals surface area contributed by atoms with Gasteiger partial charge in [0.2, 0.25) is 0 Å². The molecular weight excluding hydrogens is 288 g/mol. The van der Waals surface area contributed by atoms with E-state index in [-0.39, 0.29) is 6.61 Å². The minimum Gasteiger partial charge on any atom is -0.388 e. The molecule has 0 atom stereocenters. The molecule has 2 heterocycles. The highest BCUT2D eigenvalue weighted by Gasteiger charge is 2.20. The van der Waals surface area contributed by atoms with E-state index in [2.05, 4.69) is 16.9 Å². The number of nitrogens with zero attached hydrogens (tertiary/aromatic N) is 4. The predicted octanol–water partition coefficient (Wildman–Crippen LogP) is 1.63. The Hall–Kier alpha value is -0.760. The topological polar surface area (TPSA) is 55.5 Å². The maximum Gasteiger partial charge on any atom is 0.199 e. The van der Waals surface area contributed by atoms with Crippen molar-refractivity contribution in [3.8, 4) is 0 Å². The fourth-order valence-corrected chi connectivity index (χ4v) is 3.16. The number of hydrogen-bond acceptors (Lipinski definition) is 5. The van der Waals surface area contributed by atoms with Crippen molar-refractivity contribution in [2.45, 2.75) is 46.0 Å². The number of likely N-dealkylation sites (tertiary alicyclic amines) is 1. The van der Waals surface area contributed by atoms with Crippen molar-refractivity contribution in [1.82, 2.24) is 19.2 Å². The van der Waals surface area contributed by atoms with Gasteiger partial charge in [-0.05, 0) is 37.4 Å². The number of methoxy groups -OCH3 is 1. The quantitative estimate of drug-likeness (QED) is 0.775. The molecule has 2 rings (SSSR count). The molecule has 0 aliphatic carbocycles. The fraction of sp³-hybridized carbons (Fsp3) is 0.857. The summed E-state index contributed by atoms with van der Waals surface area (Å²) in [4.78, 5) is 2.37. The molecule has 21 heavy (non-hydrogen) atoms. The van der Waals surface area contributed by atoms with Crippen LogP contribution in [0, 0.1) is 10.7 Å². The van der Waals surface area contributed by atoms with Gasteiger partial charge in [-0.3, -0.25) is 4.90 Å². The molecule has 1 aliphatic rings. The van der Waals surface area contributed by atoms with E-state index in [9.17, 15) is 5.11 Å². The van der Waals surface area contributed by atoms with Gasteiger partial charge in [0.1, 0.15) is 6.61 Å². The standard InChI is InChI=1S/C14H26N4O2S/c1-3-6-17-13(9-19)15-18(14(17)21)11-16-7-4-12(5-8-16)10-20-2/h12,19H,3-11H2,1-2H3. The van der Waals surface area contributed by atoms with Crippen LogP contribution in [-0.2, 0) is 24.6 Å². The summed E-state index contributed by atoms with van der Waals surface area (Å²) >= 11 is 5.48. The van der Waals surface area contributed by atoms with Gasteiger partial charge in [0.05, 0.1) is 6.67 Å². The van der Waals surface area contributed by atoms with Crippen molar-refractivity contribution in [2.75, 3.05) is 26.8 Å². The number of piperidine rings is 1. The minimum absolute atomic E-state index is 0.0629. The van der Waals surface area contributed by atoms with Gasteiger partial charge in [0.15, 0.2) is 10.6 Å². The molecule has 1 aliphatic heterocycles. The Bertz CT molecular complexity index is 492. The second kappa shape index (κ2) is 8.03. The predicted molar refractivity (Wildman–Crippen MR) is 83.4 cm³/mol. The fourth-order valence-electron chi connectivity index (χ4n) is 2.86. The van der Waals surface area contributed by atoms with E-state index >= 15 is 0 Å². The maximum absolute atomic E-state index is 9.41. The van der Waals surface area contributed by atoms with Crippen LogP contribution in [0.2, 0.25) is 0 Å². The normalized spacial score (nSPS) is 17.5. The summed E-state index contributed by atoms with van der Waals surface area (Å²) in [5.74, 6) is 1.33. The number of rotatable bonds is 7. The van der Waals surface area contributed by atoms with E-state index in [1.165, 1.54) is 0 Å². The third kappa shape index (κ3) is 4.12. The summed E-state index contributed by atoms with van der Waals surface area (Å²) in [5.41, 5.74) is 0. The lowest BCUT2D eigenvalue weighted by molar-refractivity contribution is 0.0835. The minimum atomic E-state index is -0.0629. The zero-order chi connectivity index (χ0) is 15.2. The molecule has 1 aromatic heterocycles. The van der Waals surface area contributed by atoms with E-state index in [0.717, 1.165) is 45.5 Å². The maximum atomic E-state index is 9.41. The van der Waals surface area contributed by atoms with E-state index < -0.39 is 0 Å². The van der Waals surface area contributed by atoms with Gasteiger partial charge in [-0.25, -0.2) is 4.68 Å². The van der Waals surface area contributed by atoms with Gasteiger partial charge < -0.3 is 14.4 Å². The van der Waals surface area contributed by atoms with Crippen LogP contribution in [0.5, 0.6) is 0 Å². The molecule has 0 radical (unpaired) electrons. The molecule has 0 bridgehead atoms. The van der Waals surface area contributed by atoms with Crippen molar-refractivity contribution in [3.63, 3.8) is 0 Å². The van der Waals surface area contributed by atoms with Gasteiger partial charge in [0, 0.05) is 33.4 Å². The van der Waals surface area contributed by atoms with Crippen molar-refractivity contribution in [3.05, 3.63) is 10.6 Å². The van der Waals surface area contributed by atoms with E-state index in [0.29, 0.717) is 23.2 Å². The lowest BCUT2D eigenvalue weighted by atomic mass is 9.98. The Labute approximate surface area is 131 Å². The summed E-state index contributed by atoms with van der Waals surface area (Å²) in [5, 5.41) is 13.9. The highest BCUT2D eigenvalue weighted by atomic mass is 32.1. The summed E-state index contributed by atoms with van der Waals surface area (Å²) < 4.78 is 9.72. The second-order valence-corrected chi connectivity index (χ2v) is 6.03. The Morgan fingerprint density at radius 2 is 2.10 bits per heavy atom. The first kappa shape index (κ1) is 16.6. The summed E-state index contributed by atoms with van der Waals surface area (Å²) in [6, 6.07) is 0. The summed E-state index contributed by atoms with van der Waals surface area (Å²) in [6.45, 7) is 6.50. The van der Waals surface area contributed by atoms with Gasteiger partial charge in [-0.15, -0.1) is 0 Å². The molecule has 1 N–H and O–H groups in total. The monoisotopic (exact) mass is 314 g/mol. The molecule has 7 heteroatoms. The zero-order valence-electron chi connectivity index (χ0n) is 13.0. The molecule has 0 unspecified atom stereocenters. The zero-order valence-corrected chi connectivity index (χ0v) is 13.8. The average molecular weight is 314 g/mol. The van der Waals surface area contributed by atoms with E-state index in [1.807, 2.05) is 9.25 Å². The number of ether oxygens (including phenoxy) is 1. The van der Waals surface area contributed by atoms with Crippen LogP contribution in [0.4, 0.5) is 0 Å². The van der Waals surface area contributed by atoms with Gasteiger partial charge in [0.25, 0.3) is 0 Å². The van der Waals surface area contributed by atoms with Crippen molar-refractivity contribution < 1.29 is 9.84 Å². The molecule has 0 amide bonds. The van der Waals surface area contributed by atoms with Crippen molar-refractivity contribution >= 4 is 12.2 Å². The van der Waals surface area contributed by atoms with Crippen LogP contribution in [0.3, 0.4) is 0 Å². The highest BCUT2D eigenvalue weighted by Crippen LogP contribution is 2.18. The van der Waals surface area contributed by atoms with E-state index in [1.54, 1.807) is 7.11 Å². The molecule has 6 nitrogen and oxygen atoms in total. The molecule has 0 spiro atoms. The van der Waals surface area contributed by atoms with Crippen LogP contribution >= 0.6 is 12.2 Å². The molecular formula is C14H26N4O2S. The lowest BCUT2D eigenvalue weighted by Gasteiger charge is -2.31. The first-order valence-electron chi connectivity index (χ1n) is 7.68. The van der Waals surface area contributed by atoms with Gasteiger partial charge >= 0.3 is 0 Å². The Morgan fingerprint density at radius 3 is 2.67 bits per heavy atom. The largest absolute Gasteiger partial charge is 0.388 e. The van der Waals surface area contributed by atoms with Gasteiger partial charge in [-0.2, -0.15) is 5.10 Å². The van der Waals surface area contributed by atoms with Crippen LogP contribution in [-0.4, -0.2) is 51.2 Å². The highest BCUT2D eigenvalue weighted by molar-refractivity contribution is 7.71. The number of aliphatic hydroxyl groups is 1. The molecule has 1 fully saturated rings. The van der Waals surface area contributed by atoms with E-state index in [4.69, 9.17) is 17.0 Å². The molecule has 0 saturated carbocycles. The molecule has 1 aromatic rings. The Balaban J connectivity index is 1.99. The summed E-state index contributed by atoms with van der Waals surface area (Å²) in [6.07, 6.45) is 3.29. The summed E-state index contributed by atoms with van der Waals surface area (Å²) in [7, 11) is 1.77. The number of aromatic nitrogens is 3. The third-order valence-electron chi connectivity index (χ3n) is 4.03. The smallest absolute Gasteiger partial charge is 0.199 e. The number of aliphatic hydroxyl groups excluding tert-OH is 1. The first-order chi connectivity index (χ1) is 10.2. The second-order valence-electron chi connectivity index (χ2n) is 5.67. The molecule has 120 valence electrons. The number of hydrogen-bond donors (Lipinski definition) is 1. The van der Waals surface area contributed by atoms with Crippen molar-refractivity contribution in [2.24, 2.45) is 5.92 Å². The van der Waals surface area contributed by atoms with Gasteiger partial charge in [-0.1, -0.05) is 6.92 Å². The third-order valence-corrected chi connectivity index (χ3v) is 4.46.